The van der Waals surface area contributed by atoms with Crippen molar-refractivity contribution in [2.45, 2.75) is 25.8 Å². The van der Waals surface area contributed by atoms with Gasteiger partial charge in [-0.3, -0.25) is 4.90 Å². The molecule has 0 bridgehead atoms. The number of halogens is 2. The maximum Gasteiger partial charge on any atom is 0.231 e. The van der Waals surface area contributed by atoms with Crippen molar-refractivity contribution in [2.24, 2.45) is 5.92 Å². The lowest BCUT2D eigenvalue weighted by atomic mass is 9.93. The molecule has 3 rings (SSSR count). The smallest absolute Gasteiger partial charge is 0.231 e. The molecule has 2 aliphatic rings. The Balaban J connectivity index is 0.00000176. The van der Waals surface area contributed by atoms with Gasteiger partial charge in [-0.2, -0.15) is 0 Å². The standard InChI is InChI=1S/C16H23BrN2O2.ClH/c1-18-5-2-12-3-6-19(7-4-12)10-13-8-15-16(9-14(13)17)21-11-20-15;/h8-9,12,18H,2-7,10-11H2,1H3;1H. The van der Waals surface area contributed by atoms with Gasteiger partial charge in [-0.25, -0.2) is 0 Å². The predicted octanol–water partition coefficient (Wildman–Crippen LogP) is 3.42. The van der Waals surface area contributed by atoms with E-state index in [1.807, 2.05) is 13.1 Å². The molecule has 0 amide bonds. The molecule has 2 heterocycles. The molecule has 1 fully saturated rings. The molecule has 124 valence electrons. The number of likely N-dealkylation sites (tertiary alicyclic amines) is 1. The highest BCUT2D eigenvalue weighted by molar-refractivity contribution is 9.10. The summed E-state index contributed by atoms with van der Waals surface area (Å²) in [5.41, 5.74) is 1.29. The number of fused-ring (bicyclic) bond motifs is 1. The van der Waals surface area contributed by atoms with E-state index in [1.54, 1.807) is 0 Å². The van der Waals surface area contributed by atoms with E-state index in [0.29, 0.717) is 6.79 Å². The van der Waals surface area contributed by atoms with Crippen molar-refractivity contribution in [1.29, 1.82) is 0 Å². The first-order valence-corrected chi connectivity index (χ1v) is 8.50. The molecule has 0 unspecified atom stereocenters. The highest BCUT2D eigenvalue weighted by atomic mass is 79.9. The van der Waals surface area contributed by atoms with Crippen molar-refractivity contribution >= 4 is 28.3 Å². The number of hydrogen-bond donors (Lipinski definition) is 1. The number of rotatable bonds is 5. The number of nitrogens with one attached hydrogen (secondary N) is 1. The third-order valence-corrected chi connectivity index (χ3v) is 5.18. The van der Waals surface area contributed by atoms with Crippen LogP contribution in [0.25, 0.3) is 0 Å². The molecule has 1 aromatic rings. The van der Waals surface area contributed by atoms with E-state index in [4.69, 9.17) is 9.47 Å². The van der Waals surface area contributed by atoms with E-state index < -0.39 is 0 Å². The molecule has 4 nitrogen and oxygen atoms in total. The minimum atomic E-state index is 0. The van der Waals surface area contributed by atoms with Crippen molar-refractivity contribution in [1.82, 2.24) is 10.2 Å². The topological polar surface area (TPSA) is 33.7 Å². The Morgan fingerprint density at radius 3 is 2.59 bits per heavy atom. The second kappa shape index (κ2) is 8.39. The van der Waals surface area contributed by atoms with Gasteiger partial charge in [0.15, 0.2) is 11.5 Å². The van der Waals surface area contributed by atoms with Crippen LogP contribution in [0.3, 0.4) is 0 Å². The summed E-state index contributed by atoms with van der Waals surface area (Å²) in [6.07, 6.45) is 3.92. The van der Waals surface area contributed by atoms with Crippen LogP contribution in [-0.4, -0.2) is 38.4 Å². The van der Waals surface area contributed by atoms with Gasteiger partial charge in [-0.05, 0) is 69.6 Å². The molecule has 22 heavy (non-hydrogen) atoms. The van der Waals surface area contributed by atoms with Gasteiger partial charge in [-0.15, -0.1) is 12.4 Å². The van der Waals surface area contributed by atoms with Gasteiger partial charge in [0, 0.05) is 11.0 Å². The number of ether oxygens (including phenoxy) is 2. The predicted molar refractivity (Wildman–Crippen MR) is 94.1 cm³/mol. The third kappa shape index (κ3) is 4.28. The molecule has 1 aromatic carbocycles. The van der Waals surface area contributed by atoms with Crippen LogP contribution in [0.2, 0.25) is 0 Å². The van der Waals surface area contributed by atoms with Crippen molar-refractivity contribution in [3.63, 3.8) is 0 Å². The number of hydrogen-bond acceptors (Lipinski definition) is 4. The summed E-state index contributed by atoms with van der Waals surface area (Å²) < 4.78 is 12.0. The Labute approximate surface area is 147 Å². The average Bonchev–Trinajstić information content (AvgIpc) is 2.94. The normalized spacial score (nSPS) is 18.3. The average molecular weight is 392 g/mol. The SMILES string of the molecule is CNCCC1CCN(Cc2cc3c(cc2Br)OCO3)CC1.Cl. The van der Waals surface area contributed by atoms with Crippen molar-refractivity contribution < 1.29 is 9.47 Å². The van der Waals surface area contributed by atoms with Crippen LogP contribution < -0.4 is 14.8 Å². The highest BCUT2D eigenvalue weighted by Crippen LogP contribution is 2.37. The van der Waals surface area contributed by atoms with E-state index in [-0.39, 0.29) is 12.4 Å². The van der Waals surface area contributed by atoms with Gasteiger partial charge in [0.25, 0.3) is 0 Å². The van der Waals surface area contributed by atoms with Crippen LogP contribution >= 0.6 is 28.3 Å². The Kier molecular flexibility index (Phi) is 6.81. The lowest BCUT2D eigenvalue weighted by Crippen LogP contribution is -2.34. The quantitative estimate of drug-likeness (QED) is 0.834. The third-order valence-electron chi connectivity index (χ3n) is 4.45. The number of piperidine rings is 1. The zero-order valence-electron chi connectivity index (χ0n) is 12.9. The first kappa shape index (κ1) is 17.9. The van der Waals surface area contributed by atoms with Crippen molar-refractivity contribution in [2.75, 3.05) is 33.5 Å². The van der Waals surface area contributed by atoms with Crippen LogP contribution in [0.4, 0.5) is 0 Å². The summed E-state index contributed by atoms with van der Waals surface area (Å²) in [5, 5.41) is 3.25. The van der Waals surface area contributed by atoms with Crippen molar-refractivity contribution in [3.8, 4) is 11.5 Å². The first-order valence-electron chi connectivity index (χ1n) is 7.71. The molecule has 1 saturated heterocycles. The molecule has 2 aliphatic heterocycles. The van der Waals surface area contributed by atoms with Crippen LogP contribution in [0.1, 0.15) is 24.8 Å². The molecule has 0 aromatic heterocycles. The first-order chi connectivity index (χ1) is 10.3. The lowest BCUT2D eigenvalue weighted by Gasteiger charge is -2.32. The molecule has 0 atom stereocenters. The molecule has 0 spiro atoms. The minimum Gasteiger partial charge on any atom is -0.454 e. The summed E-state index contributed by atoms with van der Waals surface area (Å²) in [6, 6.07) is 4.14. The van der Waals surface area contributed by atoms with Gasteiger partial charge >= 0.3 is 0 Å². The van der Waals surface area contributed by atoms with Gasteiger partial charge in [0.2, 0.25) is 6.79 Å². The Bertz CT molecular complexity index is 493. The molecular weight excluding hydrogens is 368 g/mol. The van der Waals surface area contributed by atoms with E-state index in [0.717, 1.165) is 35.0 Å². The van der Waals surface area contributed by atoms with E-state index >= 15 is 0 Å². The Morgan fingerprint density at radius 2 is 1.91 bits per heavy atom. The summed E-state index contributed by atoms with van der Waals surface area (Å²) in [7, 11) is 2.03. The van der Waals surface area contributed by atoms with E-state index in [2.05, 4.69) is 32.2 Å². The maximum atomic E-state index is 5.48. The zero-order chi connectivity index (χ0) is 14.7. The Morgan fingerprint density at radius 1 is 1.23 bits per heavy atom. The second-order valence-corrected chi connectivity index (χ2v) is 6.76. The molecule has 0 saturated carbocycles. The Hall–Kier alpha value is -0.490. The lowest BCUT2D eigenvalue weighted by molar-refractivity contribution is 0.170. The fraction of sp³-hybridized carbons (Fsp3) is 0.625. The fourth-order valence-corrected chi connectivity index (χ4v) is 3.55. The zero-order valence-corrected chi connectivity index (χ0v) is 15.3. The van der Waals surface area contributed by atoms with Crippen LogP contribution in [-0.2, 0) is 6.54 Å². The molecule has 1 N–H and O–H groups in total. The van der Waals surface area contributed by atoms with Crippen LogP contribution in [0, 0.1) is 5.92 Å². The highest BCUT2D eigenvalue weighted by Gasteiger charge is 2.21. The fourth-order valence-electron chi connectivity index (χ4n) is 3.10. The molecule has 0 radical (unpaired) electrons. The summed E-state index contributed by atoms with van der Waals surface area (Å²) in [5.74, 6) is 2.60. The van der Waals surface area contributed by atoms with Crippen molar-refractivity contribution in [3.05, 3.63) is 22.2 Å². The van der Waals surface area contributed by atoms with E-state index in [9.17, 15) is 0 Å². The summed E-state index contributed by atoms with van der Waals surface area (Å²) in [6.45, 7) is 4.83. The molecular formula is C16H24BrClN2O2. The van der Waals surface area contributed by atoms with Gasteiger partial charge in [0.05, 0.1) is 0 Å². The van der Waals surface area contributed by atoms with Gasteiger partial charge < -0.3 is 14.8 Å². The number of nitrogens with zero attached hydrogens (tertiary/aromatic N) is 1. The monoisotopic (exact) mass is 390 g/mol. The largest absolute Gasteiger partial charge is 0.454 e. The number of benzene rings is 1. The van der Waals surface area contributed by atoms with Crippen LogP contribution in [0.5, 0.6) is 11.5 Å². The second-order valence-electron chi connectivity index (χ2n) is 5.91. The maximum absolute atomic E-state index is 5.48. The summed E-state index contributed by atoms with van der Waals surface area (Å²) >= 11 is 3.65. The molecule has 6 heteroatoms. The van der Waals surface area contributed by atoms with Crippen LogP contribution in [0.15, 0.2) is 16.6 Å². The molecule has 0 aliphatic carbocycles. The minimum absolute atomic E-state index is 0. The summed E-state index contributed by atoms with van der Waals surface area (Å²) in [4.78, 5) is 2.54. The van der Waals surface area contributed by atoms with Gasteiger partial charge in [0.1, 0.15) is 0 Å². The van der Waals surface area contributed by atoms with E-state index in [1.165, 1.54) is 37.9 Å². The van der Waals surface area contributed by atoms with Gasteiger partial charge in [-0.1, -0.05) is 15.9 Å².